The van der Waals surface area contributed by atoms with Crippen molar-refractivity contribution >= 4 is 5.96 Å². The molecule has 3 heteroatoms. The van der Waals surface area contributed by atoms with E-state index in [-0.39, 0.29) is 5.54 Å². The molecular formula is C8H15N3. The zero-order valence-corrected chi connectivity index (χ0v) is 7.17. The summed E-state index contributed by atoms with van der Waals surface area (Å²) in [5, 5.41) is 0. The molecule has 0 aromatic carbocycles. The molecule has 2 rings (SSSR count). The van der Waals surface area contributed by atoms with Crippen molar-refractivity contribution in [2.45, 2.75) is 38.3 Å². The van der Waals surface area contributed by atoms with E-state index in [0.717, 1.165) is 12.5 Å². The fraction of sp³-hybridized carbons (Fsp3) is 0.875. The van der Waals surface area contributed by atoms with E-state index in [9.17, 15) is 0 Å². The molecule has 0 aromatic rings. The number of hydrogen-bond donors (Lipinski definition) is 1. The summed E-state index contributed by atoms with van der Waals surface area (Å²) < 4.78 is 0. The van der Waals surface area contributed by atoms with E-state index in [1.54, 1.807) is 0 Å². The quantitative estimate of drug-likeness (QED) is 0.598. The Balaban J connectivity index is 2.18. The van der Waals surface area contributed by atoms with Crippen molar-refractivity contribution in [3.05, 3.63) is 0 Å². The van der Waals surface area contributed by atoms with Gasteiger partial charge in [0.2, 0.25) is 0 Å². The van der Waals surface area contributed by atoms with Gasteiger partial charge >= 0.3 is 0 Å². The molecule has 0 bridgehead atoms. The highest BCUT2D eigenvalue weighted by Crippen LogP contribution is 2.34. The molecule has 2 N–H and O–H groups in total. The van der Waals surface area contributed by atoms with E-state index in [1.165, 1.54) is 12.8 Å². The topological polar surface area (TPSA) is 41.6 Å². The van der Waals surface area contributed by atoms with E-state index in [4.69, 9.17) is 5.73 Å². The van der Waals surface area contributed by atoms with Crippen molar-refractivity contribution in [1.29, 1.82) is 0 Å². The number of nitrogens with zero attached hydrogens (tertiary/aromatic N) is 2. The van der Waals surface area contributed by atoms with Gasteiger partial charge < -0.3 is 10.6 Å². The van der Waals surface area contributed by atoms with Crippen molar-refractivity contribution in [1.82, 2.24) is 4.90 Å². The van der Waals surface area contributed by atoms with Crippen LogP contribution in [0.2, 0.25) is 0 Å². The molecule has 0 atom stereocenters. The summed E-state index contributed by atoms with van der Waals surface area (Å²) >= 11 is 0. The molecule has 0 aromatic heterocycles. The van der Waals surface area contributed by atoms with Crippen LogP contribution in [0.15, 0.2) is 4.99 Å². The van der Waals surface area contributed by atoms with Crippen molar-refractivity contribution in [3.8, 4) is 0 Å². The normalized spacial score (nSPS) is 28.9. The van der Waals surface area contributed by atoms with Crippen LogP contribution in [0.5, 0.6) is 0 Å². The predicted molar refractivity (Wildman–Crippen MR) is 45.4 cm³/mol. The second-order valence-corrected chi connectivity index (χ2v) is 4.09. The van der Waals surface area contributed by atoms with Gasteiger partial charge in [-0.1, -0.05) is 0 Å². The van der Waals surface area contributed by atoms with E-state index in [2.05, 4.69) is 23.7 Å². The number of guanidine groups is 1. The molecule has 2 aliphatic rings. The van der Waals surface area contributed by atoms with Gasteiger partial charge in [-0.05, 0) is 26.7 Å². The predicted octanol–water partition coefficient (Wildman–Crippen LogP) is 0.558. The summed E-state index contributed by atoms with van der Waals surface area (Å²) in [6.07, 6.45) is 2.58. The fourth-order valence-electron chi connectivity index (χ4n) is 1.75. The average Bonchev–Trinajstić information content (AvgIpc) is 2.64. The number of rotatable bonds is 1. The maximum atomic E-state index is 5.77. The smallest absolute Gasteiger partial charge is 0.192 e. The monoisotopic (exact) mass is 153 g/mol. The lowest BCUT2D eigenvalue weighted by Crippen LogP contribution is -2.48. The third-order valence-electron chi connectivity index (χ3n) is 2.44. The molecule has 11 heavy (non-hydrogen) atoms. The lowest BCUT2D eigenvalue weighted by Gasteiger charge is -2.32. The third kappa shape index (κ3) is 0.988. The van der Waals surface area contributed by atoms with Crippen LogP contribution >= 0.6 is 0 Å². The van der Waals surface area contributed by atoms with Gasteiger partial charge in [0.1, 0.15) is 0 Å². The van der Waals surface area contributed by atoms with Crippen LogP contribution in [0.25, 0.3) is 0 Å². The molecule has 1 aliphatic heterocycles. The lowest BCUT2D eigenvalue weighted by molar-refractivity contribution is 0.237. The Morgan fingerprint density at radius 1 is 1.55 bits per heavy atom. The Kier molecular flexibility index (Phi) is 1.20. The largest absolute Gasteiger partial charge is 0.370 e. The average molecular weight is 153 g/mol. The lowest BCUT2D eigenvalue weighted by atomic mass is 10.1. The number of nitrogens with two attached hydrogens (primary N) is 1. The molecule has 1 aliphatic carbocycles. The molecule has 0 saturated heterocycles. The SMILES string of the molecule is CC1(C)CN=C(N)N1C1CC1. The first-order valence-corrected chi connectivity index (χ1v) is 4.20. The van der Waals surface area contributed by atoms with E-state index < -0.39 is 0 Å². The zero-order valence-electron chi connectivity index (χ0n) is 7.17. The molecular weight excluding hydrogens is 138 g/mol. The van der Waals surface area contributed by atoms with Gasteiger partial charge in [-0.2, -0.15) is 0 Å². The molecule has 0 spiro atoms. The number of hydrogen-bond acceptors (Lipinski definition) is 3. The molecule has 62 valence electrons. The van der Waals surface area contributed by atoms with Crippen LogP contribution in [0.4, 0.5) is 0 Å². The zero-order chi connectivity index (χ0) is 8.06. The molecule has 0 amide bonds. The Bertz CT molecular complexity index is 203. The summed E-state index contributed by atoms with van der Waals surface area (Å²) in [7, 11) is 0. The van der Waals surface area contributed by atoms with Gasteiger partial charge in [0, 0.05) is 6.04 Å². The maximum absolute atomic E-state index is 5.77. The summed E-state index contributed by atoms with van der Waals surface area (Å²) in [5.74, 6) is 0.748. The summed E-state index contributed by atoms with van der Waals surface area (Å²) in [6, 6.07) is 0.691. The molecule has 3 nitrogen and oxygen atoms in total. The highest BCUT2D eigenvalue weighted by Gasteiger charge is 2.42. The maximum Gasteiger partial charge on any atom is 0.192 e. The van der Waals surface area contributed by atoms with Crippen molar-refractivity contribution in [2.24, 2.45) is 10.7 Å². The van der Waals surface area contributed by atoms with Gasteiger partial charge in [0.25, 0.3) is 0 Å². The van der Waals surface area contributed by atoms with Gasteiger partial charge in [-0.25, -0.2) is 0 Å². The van der Waals surface area contributed by atoms with Gasteiger partial charge in [0.15, 0.2) is 5.96 Å². The first-order valence-electron chi connectivity index (χ1n) is 4.20. The summed E-state index contributed by atoms with van der Waals surface area (Å²) in [6.45, 7) is 5.26. The van der Waals surface area contributed by atoms with Crippen LogP contribution in [-0.4, -0.2) is 29.0 Å². The Morgan fingerprint density at radius 2 is 2.18 bits per heavy atom. The van der Waals surface area contributed by atoms with Gasteiger partial charge in [0.05, 0.1) is 12.1 Å². The third-order valence-corrected chi connectivity index (χ3v) is 2.44. The van der Waals surface area contributed by atoms with Crippen molar-refractivity contribution in [2.75, 3.05) is 6.54 Å². The van der Waals surface area contributed by atoms with Crippen LogP contribution in [-0.2, 0) is 0 Å². The van der Waals surface area contributed by atoms with Crippen LogP contribution < -0.4 is 5.73 Å². The minimum atomic E-state index is 0.172. The van der Waals surface area contributed by atoms with Gasteiger partial charge in [-0.3, -0.25) is 4.99 Å². The van der Waals surface area contributed by atoms with Gasteiger partial charge in [-0.15, -0.1) is 0 Å². The van der Waals surface area contributed by atoms with Crippen LogP contribution in [0.3, 0.4) is 0 Å². The minimum Gasteiger partial charge on any atom is -0.370 e. The Morgan fingerprint density at radius 3 is 2.55 bits per heavy atom. The summed E-state index contributed by atoms with van der Waals surface area (Å²) in [4.78, 5) is 6.52. The minimum absolute atomic E-state index is 0.172. The van der Waals surface area contributed by atoms with E-state index >= 15 is 0 Å². The van der Waals surface area contributed by atoms with Crippen LogP contribution in [0, 0.1) is 0 Å². The first-order chi connectivity index (χ1) is 5.11. The Labute approximate surface area is 67.3 Å². The van der Waals surface area contributed by atoms with E-state index in [0.29, 0.717) is 6.04 Å². The molecule has 1 saturated carbocycles. The molecule has 1 fully saturated rings. The molecule has 0 radical (unpaired) electrons. The first kappa shape index (κ1) is 6.95. The van der Waals surface area contributed by atoms with Crippen LogP contribution in [0.1, 0.15) is 26.7 Å². The number of aliphatic imine (C=N–C) groups is 1. The highest BCUT2D eigenvalue weighted by molar-refractivity contribution is 5.81. The van der Waals surface area contributed by atoms with E-state index in [1.807, 2.05) is 0 Å². The Hall–Kier alpha value is -0.730. The standard InChI is InChI=1S/C8H15N3/c1-8(2)5-10-7(9)11(8)6-3-4-6/h6H,3-5H2,1-2H3,(H2,9,10). The fourth-order valence-corrected chi connectivity index (χ4v) is 1.75. The van der Waals surface area contributed by atoms with Crippen molar-refractivity contribution in [3.63, 3.8) is 0 Å². The molecule has 0 unspecified atom stereocenters. The second-order valence-electron chi connectivity index (χ2n) is 4.09. The molecule has 1 heterocycles. The second kappa shape index (κ2) is 1.90. The highest BCUT2D eigenvalue weighted by atomic mass is 15.4. The summed E-state index contributed by atoms with van der Waals surface area (Å²) in [5.41, 5.74) is 5.94. The van der Waals surface area contributed by atoms with Crippen molar-refractivity contribution < 1.29 is 0 Å².